The van der Waals surface area contributed by atoms with Crippen LogP contribution in [0.15, 0.2) is 60.3 Å². The van der Waals surface area contributed by atoms with Crippen molar-refractivity contribution in [2.45, 2.75) is 6.54 Å². The number of carbonyl (C=O) groups excluding carboxylic acids is 2. The number of nitrogens with one attached hydrogen (secondary N) is 1. The molecule has 0 saturated heterocycles. The van der Waals surface area contributed by atoms with Crippen LogP contribution in [0.1, 0.15) is 26.7 Å². The van der Waals surface area contributed by atoms with E-state index in [-0.39, 0.29) is 30.6 Å². The third-order valence-electron chi connectivity index (χ3n) is 3.25. The summed E-state index contributed by atoms with van der Waals surface area (Å²) in [5.41, 5.74) is 0.448. The van der Waals surface area contributed by atoms with E-state index < -0.39 is 11.7 Å². The largest absolute Gasteiger partial charge is 0.446 e. The van der Waals surface area contributed by atoms with Crippen LogP contribution in [0.3, 0.4) is 0 Å². The molecule has 1 N–H and O–H groups in total. The molecule has 0 aliphatic carbocycles. The summed E-state index contributed by atoms with van der Waals surface area (Å²) in [6.45, 7) is 7.74. The third-order valence-corrected chi connectivity index (χ3v) is 3.25. The van der Waals surface area contributed by atoms with Gasteiger partial charge in [0.05, 0.1) is 6.54 Å². The average Bonchev–Trinajstić information content (AvgIpc) is 3.08. The Hall–Kier alpha value is -3.22. The zero-order valence-electron chi connectivity index (χ0n) is 13.6. The standard InChI is InChI=1S/C18H18FN3O3/c1-3-9-20-17(23)15-12-25-16(21-15)11-22(10-4-2)18(24)13-5-7-14(19)8-6-13/h3-8,12H,1-2,9-11H2,(H,20,23). The molecule has 0 radical (unpaired) electrons. The van der Waals surface area contributed by atoms with E-state index >= 15 is 0 Å². The molecule has 130 valence electrons. The molecule has 1 heterocycles. The molecule has 6 nitrogen and oxygen atoms in total. The molecule has 2 amide bonds. The molecule has 0 aliphatic rings. The van der Waals surface area contributed by atoms with Gasteiger partial charge >= 0.3 is 0 Å². The highest BCUT2D eigenvalue weighted by molar-refractivity contribution is 5.94. The molecule has 0 fully saturated rings. The Morgan fingerprint density at radius 2 is 1.96 bits per heavy atom. The lowest BCUT2D eigenvalue weighted by molar-refractivity contribution is 0.0749. The van der Waals surface area contributed by atoms with E-state index in [1.165, 1.54) is 35.4 Å². The van der Waals surface area contributed by atoms with Crippen molar-refractivity contribution in [2.75, 3.05) is 13.1 Å². The van der Waals surface area contributed by atoms with E-state index in [0.29, 0.717) is 12.1 Å². The highest BCUT2D eigenvalue weighted by Gasteiger charge is 2.19. The molecule has 1 aromatic heterocycles. The van der Waals surface area contributed by atoms with Gasteiger partial charge in [-0.15, -0.1) is 13.2 Å². The monoisotopic (exact) mass is 343 g/mol. The van der Waals surface area contributed by atoms with Crippen molar-refractivity contribution >= 4 is 11.8 Å². The van der Waals surface area contributed by atoms with E-state index in [4.69, 9.17) is 4.42 Å². The van der Waals surface area contributed by atoms with Gasteiger partial charge < -0.3 is 14.6 Å². The van der Waals surface area contributed by atoms with E-state index in [2.05, 4.69) is 23.5 Å². The Morgan fingerprint density at radius 3 is 2.60 bits per heavy atom. The summed E-state index contributed by atoms with van der Waals surface area (Å²) in [5.74, 6) is -0.929. The number of rotatable bonds is 8. The summed E-state index contributed by atoms with van der Waals surface area (Å²) in [4.78, 5) is 29.8. The maximum absolute atomic E-state index is 13.0. The van der Waals surface area contributed by atoms with Crippen LogP contribution in [-0.4, -0.2) is 34.8 Å². The third kappa shape index (κ3) is 4.87. The molecular weight excluding hydrogens is 325 g/mol. The molecule has 0 atom stereocenters. The van der Waals surface area contributed by atoms with Crippen molar-refractivity contribution in [3.8, 4) is 0 Å². The van der Waals surface area contributed by atoms with Gasteiger partial charge in [-0.25, -0.2) is 9.37 Å². The van der Waals surface area contributed by atoms with Crippen molar-refractivity contribution in [3.05, 3.63) is 78.8 Å². The Kier molecular flexibility index (Phi) is 6.22. The zero-order chi connectivity index (χ0) is 18.2. The van der Waals surface area contributed by atoms with Crippen LogP contribution in [-0.2, 0) is 6.54 Å². The van der Waals surface area contributed by atoms with Crippen molar-refractivity contribution in [1.29, 1.82) is 0 Å². The van der Waals surface area contributed by atoms with Gasteiger partial charge in [-0.1, -0.05) is 12.2 Å². The van der Waals surface area contributed by atoms with Crippen LogP contribution in [0.4, 0.5) is 4.39 Å². The number of carbonyl (C=O) groups is 2. The van der Waals surface area contributed by atoms with Gasteiger partial charge in [-0.2, -0.15) is 0 Å². The quantitative estimate of drug-likeness (QED) is 0.748. The van der Waals surface area contributed by atoms with Crippen molar-refractivity contribution in [3.63, 3.8) is 0 Å². The van der Waals surface area contributed by atoms with Gasteiger partial charge in [0.15, 0.2) is 5.69 Å². The van der Waals surface area contributed by atoms with Crippen LogP contribution in [0.25, 0.3) is 0 Å². The van der Waals surface area contributed by atoms with E-state index in [9.17, 15) is 14.0 Å². The lowest BCUT2D eigenvalue weighted by Crippen LogP contribution is -2.31. The first-order valence-electron chi connectivity index (χ1n) is 7.54. The zero-order valence-corrected chi connectivity index (χ0v) is 13.6. The van der Waals surface area contributed by atoms with E-state index in [1.807, 2.05) is 0 Å². The SMILES string of the molecule is C=CCNC(=O)c1coc(CN(CC=C)C(=O)c2ccc(F)cc2)n1. The van der Waals surface area contributed by atoms with E-state index in [0.717, 1.165) is 0 Å². The second-order valence-electron chi connectivity index (χ2n) is 5.11. The molecule has 0 aliphatic heterocycles. The molecule has 0 saturated carbocycles. The second kappa shape index (κ2) is 8.58. The Balaban J connectivity index is 2.11. The molecule has 0 unspecified atom stereocenters. The number of nitrogens with zero attached hydrogens (tertiary/aromatic N) is 2. The summed E-state index contributed by atoms with van der Waals surface area (Å²) in [6, 6.07) is 5.23. The van der Waals surface area contributed by atoms with Gasteiger partial charge in [-0.3, -0.25) is 9.59 Å². The van der Waals surface area contributed by atoms with Gasteiger partial charge in [0.25, 0.3) is 11.8 Å². The lowest BCUT2D eigenvalue weighted by atomic mass is 10.2. The fourth-order valence-corrected chi connectivity index (χ4v) is 2.06. The molecular formula is C18H18FN3O3. The van der Waals surface area contributed by atoms with Crippen molar-refractivity contribution in [2.24, 2.45) is 0 Å². The highest BCUT2D eigenvalue weighted by atomic mass is 19.1. The molecule has 0 bridgehead atoms. The minimum Gasteiger partial charge on any atom is -0.446 e. The summed E-state index contributed by atoms with van der Waals surface area (Å²) in [5, 5.41) is 2.58. The lowest BCUT2D eigenvalue weighted by Gasteiger charge is -2.19. The number of oxazole rings is 1. The second-order valence-corrected chi connectivity index (χ2v) is 5.11. The topological polar surface area (TPSA) is 75.4 Å². The number of hydrogen-bond acceptors (Lipinski definition) is 4. The minimum atomic E-state index is -0.422. The summed E-state index contributed by atoms with van der Waals surface area (Å²) >= 11 is 0. The first kappa shape index (κ1) is 18.1. The first-order chi connectivity index (χ1) is 12.0. The number of benzene rings is 1. The van der Waals surface area contributed by atoms with Gasteiger partial charge in [0.2, 0.25) is 5.89 Å². The van der Waals surface area contributed by atoms with Crippen LogP contribution < -0.4 is 5.32 Å². The van der Waals surface area contributed by atoms with Crippen LogP contribution in [0.2, 0.25) is 0 Å². The summed E-state index contributed by atoms with van der Waals surface area (Å²) in [7, 11) is 0. The number of hydrogen-bond donors (Lipinski definition) is 1. The van der Waals surface area contributed by atoms with Crippen molar-refractivity contribution < 1.29 is 18.4 Å². The molecule has 1 aromatic carbocycles. The fourth-order valence-electron chi connectivity index (χ4n) is 2.06. The van der Waals surface area contributed by atoms with Gasteiger partial charge in [-0.05, 0) is 24.3 Å². The maximum atomic E-state index is 13.0. The number of aromatic nitrogens is 1. The maximum Gasteiger partial charge on any atom is 0.273 e. The van der Waals surface area contributed by atoms with Crippen molar-refractivity contribution in [1.82, 2.24) is 15.2 Å². The van der Waals surface area contributed by atoms with Crippen LogP contribution >= 0.6 is 0 Å². The first-order valence-corrected chi connectivity index (χ1v) is 7.54. The smallest absolute Gasteiger partial charge is 0.273 e. The highest BCUT2D eigenvalue weighted by Crippen LogP contribution is 2.11. The minimum absolute atomic E-state index is 0.0525. The molecule has 2 aromatic rings. The average molecular weight is 343 g/mol. The Bertz CT molecular complexity index is 768. The Morgan fingerprint density at radius 1 is 1.24 bits per heavy atom. The predicted octanol–water partition coefficient (Wildman–Crippen LogP) is 2.56. The molecule has 7 heteroatoms. The number of halogens is 1. The van der Waals surface area contributed by atoms with Gasteiger partial charge in [0.1, 0.15) is 12.1 Å². The van der Waals surface area contributed by atoms with Gasteiger partial charge in [0, 0.05) is 18.7 Å². The predicted molar refractivity (Wildman–Crippen MR) is 90.4 cm³/mol. The number of amides is 2. The summed E-state index contributed by atoms with van der Waals surface area (Å²) in [6.07, 6.45) is 4.33. The van der Waals surface area contributed by atoms with Crippen LogP contribution in [0, 0.1) is 5.82 Å². The molecule has 2 rings (SSSR count). The normalized spacial score (nSPS) is 10.1. The Labute approximate surface area is 144 Å². The van der Waals surface area contributed by atoms with Crippen LogP contribution in [0.5, 0.6) is 0 Å². The molecule has 25 heavy (non-hydrogen) atoms. The van der Waals surface area contributed by atoms with E-state index in [1.54, 1.807) is 12.2 Å². The molecule has 0 spiro atoms. The summed E-state index contributed by atoms with van der Waals surface area (Å²) < 4.78 is 18.3. The fraction of sp³-hybridized carbons (Fsp3) is 0.167.